The van der Waals surface area contributed by atoms with Gasteiger partial charge in [0.25, 0.3) is 0 Å². The molecule has 0 spiro atoms. The third-order valence-corrected chi connectivity index (χ3v) is 8.79. The van der Waals surface area contributed by atoms with E-state index in [1.165, 1.54) is 0 Å². The van der Waals surface area contributed by atoms with Gasteiger partial charge in [-0.15, -0.1) is 0 Å². The van der Waals surface area contributed by atoms with E-state index in [1.54, 1.807) is 0 Å². The van der Waals surface area contributed by atoms with Gasteiger partial charge in [-0.25, -0.2) is 0 Å². The van der Waals surface area contributed by atoms with E-state index in [-0.39, 0.29) is 0 Å². The molecule has 23 heavy (non-hydrogen) atoms. The van der Waals surface area contributed by atoms with E-state index < -0.39 is 16.3 Å². The Morgan fingerprint density at radius 2 is 1.00 bits per heavy atom. The van der Waals surface area contributed by atoms with E-state index in [4.69, 9.17) is 9.05 Å². The Morgan fingerprint density at radius 3 is 1.30 bits per heavy atom. The molecule has 124 valence electrons. The molecule has 0 saturated heterocycles. The second kappa shape index (κ2) is 9.26. The SMILES string of the molecule is CC(C)P(CP(Oc1ccccc1)C(C)C)Oc1ccccc1. The van der Waals surface area contributed by atoms with Crippen molar-refractivity contribution in [2.24, 2.45) is 0 Å². The highest BCUT2D eigenvalue weighted by Gasteiger charge is 2.25. The first-order chi connectivity index (χ1) is 11.1. The molecular weight excluding hydrogens is 322 g/mol. The van der Waals surface area contributed by atoms with Gasteiger partial charge in [0.05, 0.1) is 22.2 Å². The van der Waals surface area contributed by atoms with Crippen molar-refractivity contribution in [1.82, 2.24) is 0 Å². The van der Waals surface area contributed by atoms with E-state index in [1.807, 2.05) is 60.7 Å². The molecular formula is C19H26O2P2. The lowest BCUT2D eigenvalue weighted by atomic mass is 10.3. The summed E-state index contributed by atoms with van der Waals surface area (Å²) in [6.07, 6.45) is 0. The van der Waals surface area contributed by atoms with Gasteiger partial charge in [0, 0.05) is 11.3 Å². The van der Waals surface area contributed by atoms with Crippen LogP contribution in [0.3, 0.4) is 0 Å². The maximum absolute atomic E-state index is 6.30. The fourth-order valence-corrected chi connectivity index (χ4v) is 7.35. The van der Waals surface area contributed by atoms with Crippen molar-refractivity contribution in [3.05, 3.63) is 60.7 Å². The predicted octanol–water partition coefficient (Wildman–Crippen LogP) is 6.71. The minimum atomic E-state index is -0.560. The number of hydrogen-bond donors (Lipinski definition) is 0. The van der Waals surface area contributed by atoms with Crippen LogP contribution in [-0.2, 0) is 0 Å². The average molecular weight is 348 g/mol. The first kappa shape index (κ1) is 18.2. The third kappa shape index (κ3) is 6.13. The monoisotopic (exact) mass is 348 g/mol. The summed E-state index contributed by atoms with van der Waals surface area (Å²) in [5, 5.41) is 0. The number of para-hydroxylation sites is 2. The zero-order chi connectivity index (χ0) is 16.7. The fraction of sp³-hybridized carbons (Fsp3) is 0.368. The molecule has 2 atom stereocenters. The average Bonchev–Trinajstić information content (AvgIpc) is 2.55. The molecule has 2 aromatic carbocycles. The summed E-state index contributed by atoms with van der Waals surface area (Å²) in [4.78, 5) is 0. The van der Waals surface area contributed by atoms with Gasteiger partial charge in [-0.2, -0.15) is 0 Å². The van der Waals surface area contributed by atoms with Gasteiger partial charge in [0.1, 0.15) is 11.5 Å². The first-order valence-electron chi connectivity index (χ1n) is 8.05. The van der Waals surface area contributed by atoms with Gasteiger partial charge in [-0.3, -0.25) is 0 Å². The molecule has 0 aliphatic heterocycles. The van der Waals surface area contributed by atoms with Gasteiger partial charge in [-0.05, 0) is 24.3 Å². The van der Waals surface area contributed by atoms with Gasteiger partial charge in [-0.1, -0.05) is 64.1 Å². The van der Waals surface area contributed by atoms with Crippen molar-refractivity contribution < 1.29 is 9.05 Å². The minimum Gasteiger partial charge on any atom is -0.473 e. The van der Waals surface area contributed by atoms with Crippen LogP contribution in [0.1, 0.15) is 27.7 Å². The lowest BCUT2D eigenvalue weighted by molar-refractivity contribution is 0.593. The van der Waals surface area contributed by atoms with Crippen molar-refractivity contribution in [1.29, 1.82) is 0 Å². The molecule has 0 aliphatic rings. The van der Waals surface area contributed by atoms with Crippen LogP contribution >= 0.6 is 16.3 Å². The fourth-order valence-electron chi connectivity index (χ4n) is 1.97. The molecule has 0 fully saturated rings. The summed E-state index contributed by atoms with van der Waals surface area (Å²) in [5.74, 6) is 2.93. The summed E-state index contributed by atoms with van der Waals surface area (Å²) >= 11 is 0. The normalized spacial score (nSPS) is 13.8. The number of benzene rings is 2. The Hall–Kier alpha value is -1.10. The number of rotatable bonds is 8. The molecule has 0 bridgehead atoms. The van der Waals surface area contributed by atoms with Crippen molar-refractivity contribution in [3.63, 3.8) is 0 Å². The summed E-state index contributed by atoms with van der Waals surface area (Å²) < 4.78 is 12.6. The summed E-state index contributed by atoms with van der Waals surface area (Å²) in [6.45, 7) is 8.96. The smallest absolute Gasteiger partial charge is 0.123 e. The Labute approximate surface area is 142 Å². The van der Waals surface area contributed by atoms with Crippen LogP contribution in [0.15, 0.2) is 60.7 Å². The lowest BCUT2D eigenvalue weighted by Crippen LogP contribution is -2.09. The molecule has 0 saturated carbocycles. The van der Waals surface area contributed by atoms with Crippen molar-refractivity contribution >= 4 is 16.3 Å². The minimum absolute atomic E-state index is 0.508. The van der Waals surface area contributed by atoms with Gasteiger partial charge in [0.15, 0.2) is 0 Å². The third-order valence-electron chi connectivity index (χ3n) is 3.36. The molecule has 2 nitrogen and oxygen atoms in total. The van der Waals surface area contributed by atoms with Crippen molar-refractivity contribution in [2.75, 3.05) is 5.90 Å². The van der Waals surface area contributed by atoms with Crippen LogP contribution in [0.5, 0.6) is 11.5 Å². The molecule has 2 rings (SSSR count). The Balaban J connectivity index is 2.05. The maximum Gasteiger partial charge on any atom is 0.123 e. The summed E-state index contributed by atoms with van der Waals surface area (Å²) in [5.41, 5.74) is 1.02. The molecule has 0 amide bonds. The first-order valence-corrected chi connectivity index (χ1v) is 11.1. The van der Waals surface area contributed by atoms with Crippen LogP contribution in [0.4, 0.5) is 0 Å². The molecule has 0 aliphatic carbocycles. The highest BCUT2D eigenvalue weighted by Crippen LogP contribution is 2.56. The summed E-state index contributed by atoms with van der Waals surface area (Å²) in [7, 11) is -1.12. The van der Waals surface area contributed by atoms with E-state index in [0.29, 0.717) is 11.3 Å². The molecule has 2 aromatic rings. The number of hydrogen-bond acceptors (Lipinski definition) is 2. The highest BCUT2D eigenvalue weighted by atomic mass is 31.2. The Bertz CT molecular complexity index is 507. The molecule has 0 heterocycles. The van der Waals surface area contributed by atoms with Gasteiger partial charge >= 0.3 is 0 Å². The van der Waals surface area contributed by atoms with Gasteiger partial charge < -0.3 is 9.05 Å². The van der Waals surface area contributed by atoms with Crippen LogP contribution in [0.25, 0.3) is 0 Å². The molecule has 4 heteroatoms. The van der Waals surface area contributed by atoms with Crippen molar-refractivity contribution in [3.8, 4) is 11.5 Å². The maximum atomic E-state index is 6.30. The van der Waals surface area contributed by atoms with Crippen molar-refractivity contribution in [2.45, 2.75) is 39.0 Å². The van der Waals surface area contributed by atoms with Crippen LogP contribution in [0, 0.1) is 0 Å². The topological polar surface area (TPSA) is 18.5 Å². The van der Waals surface area contributed by atoms with Crippen LogP contribution in [0.2, 0.25) is 0 Å². The second-order valence-electron chi connectivity index (χ2n) is 5.97. The largest absolute Gasteiger partial charge is 0.473 e. The molecule has 2 unspecified atom stereocenters. The molecule has 0 aromatic heterocycles. The van der Waals surface area contributed by atoms with E-state index in [2.05, 4.69) is 27.7 Å². The highest BCUT2D eigenvalue weighted by molar-refractivity contribution is 7.71. The van der Waals surface area contributed by atoms with Gasteiger partial charge in [0.2, 0.25) is 0 Å². The quantitative estimate of drug-likeness (QED) is 0.493. The second-order valence-corrected chi connectivity index (χ2v) is 11.2. The van der Waals surface area contributed by atoms with E-state index >= 15 is 0 Å². The molecule has 0 N–H and O–H groups in total. The Morgan fingerprint density at radius 1 is 0.652 bits per heavy atom. The standard InChI is InChI=1S/C19H26O2P2/c1-16(2)22(20-18-11-7-5-8-12-18)15-23(17(3)4)21-19-13-9-6-10-14-19/h5-14,16-17H,15H2,1-4H3. The van der Waals surface area contributed by atoms with E-state index in [9.17, 15) is 0 Å². The van der Waals surface area contributed by atoms with E-state index in [0.717, 1.165) is 17.4 Å². The van der Waals surface area contributed by atoms with Crippen LogP contribution < -0.4 is 9.05 Å². The molecule has 0 radical (unpaired) electrons. The Kier molecular flexibility index (Phi) is 7.34. The zero-order valence-electron chi connectivity index (χ0n) is 14.3. The zero-order valence-corrected chi connectivity index (χ0v) is 16.1. The predicted molar refractivity (Wildman–Crippen MR) is 103 cm³/mol. The summed E-state index contributed by atoms with van der Waals surface area (Å²) in [6, 6.07) is 20.3. The lowest BCUT2D eigenvalue weighted by Gasteiger charge is -2.29. The van der Waals surface area contributed by atoms with Crippen LogP contribution in [-0.4, -0.2) is 17.2 Å².